The number of H-pyrrole nitrogens is 1. The van der Waals surface area contributed by atoms with E-state index in [2.05, 4.69) is 23.8 Å². The number of aryl methyl sites for hydroxylation is 1. The van der Waals surface area contributed by atoms with Crippen LogP contribution in [-0.2, 0) is 11.2 Å². The number of hydrogen-bond acceptors (Lipinski definition) is 3. The molecule has 1 saturated heterocycles. The predicted octanol–water partition coefficient (Wildman–Crippen LogP) is 2.75. The normalized spacial score (nSPS) is 21.2. The number of rotatable bonds is 4. The van der Waals surface area contributed by atoms with Gasteiger partial charge in [0.05, 0.1) is 10.9 Å². The van der Waals surface area contributed by atoms with Gasteiger partial charge in [-0.3, -0.25) is 9.59 Å². The third-order valence-electron chi connectivity index (χ3n) is 4.69. The maximum absolute atomic E-state index is 12.4. The summed E-state index contributed by atoms with van der Waals surface area (Å²) in [5.41, 5.74) is 0.599. The molecule has 128 valence electrons. The molecule has 3 rings (SSSR count). The van der Waals surface area contributed by atoms with Crippen molar-refractivity contribution >= 4 is 16.8 Å². The number of piperidine rings is 1. The van der Waals surface area contributed by atoms with Crippen molar-refractivity contribution in [2.24, 2.45) is 11.8 Å². The van der Waals surface area contributed by atoms with E-state index >= 15 is 0 Å². The van der Waals surface area contributed by atoms with Gasteiger partial charge in [0.25, 0.3) is 5.56 Å². The van der Waals surface area contributed by atoms with E-state index in [-0.39, 0.29) is 11.5 Å². The SMILES string of the molecule is C[C@@H]1C[C@@H](C)CN(C(=O)CCCc2nc3ccccc3c(=O)[nH]2)C1. The molecule has 1 aliphatic rings. The third kappa shape index (κ3) is 3.83. The van der Waals surface area contributed by atoms with Crippen LogP contribution in [-0.4, -0.2) is 33.9 Å². The maximum atomic E-state index is 12.4. The first-order chi connectivity index (χ1) is 11.5. The Kier molecular flexibility index (Phi) is 4.97. The van der Waals surface area contributed by atoms with Gasteiger partial charge in [-0.1, -0.05) is 26.0 Å². The number of aromatic amines is 1. The van der Waals surface area contributed by atoms with Gasteiger partial charge in [0.15, 0.2) is 0 Å². The molecule has 0 unspecified atom stereocenters. The molecule has 0 bridgehead atoms. The van der Waals surface area contributed by atoms with Crippen molar-refractivity contribution in [3.63, 3.8) is 0 Å². The van der Waals surface area contributed by atoms with Crippen LogP contribution >= 0.6 is 0 Å². The number of carbonyl (C=O) groups excluding carboxylic acids is 1. The second-order valence-corrected chi connectivity index (χ2v) is 7.13. The Bertz CT molecular complexity index is 774. The number of carbonyl (C=O) groups is 1. The fraction of sp³-hybridized carbons (Fsp3) is 0.526. The Morgan fingerprint density at radius 1 is 1.25 bits per heavy atom. The Morgan fingerprint density at radius 3 is 2.71 bits per heavy atom. The van der Waals surface area contributed by atoms with Crippen molar-refractivity contribution in [3.8, 4) is 0 Å². The summed E-state index contributed by atoms with van der Waals surface area (Å²) < 4.78 is 0. The van der Waals surface area contributed by atoms with Gasteiger partial charge in [-0.2, -0.15) is 0 Å². The Morgan fingerprint density at radius 2 is 1.96 bits per heavy atom. The molecule has 0 aliphatic carbocycles. The summed E-state index contributed by atoms with van der Waals surface area (Å²) in [7, 11) is 0. The summed E-state index contributed by atoms with van der Waals surface area (Å²) in [4.78, 5) is 33.7. The van der Waals surface area contributed by atoms with Crippen LogP contribution in [0.15, 0.2) is 29.1 Å². The maximum Gasteiger partial charge on any atom is 0.258 e. The largest absolute Gasteiger partial charge is 0.342 e. The Balaban J connectivity index is 1.58. The van der Waals surface area contributed by atoms with Crippen LogP contribution in [0.1, 0.15) is 38.9 Å². The lowest BCUT2D eigenvalue weighted by Crippen LogP contribution is -2.42. The summed E-state index contributed by atoms with van der Waals surface area (Å²) >= 11 is 0. The fourth-order valence-electron chi connectivity index (χ4n) is 3.69. The molecule has 2 aromatic rings. The molecule has 1 fully saturated rings. The summed E-state index contributed by atoms with van der Waals surface area (Å²) in [6.07, 6.45) is 3.03. The average molecular weight is 327 g/mol. The lowest BCUT2D eigenvalue weighted by Gasteiger charge is -2.35. The van der Waals surface area contributed by atoms with Crippen LogP contribution in [0.2, 0.25) is 0 Å². The van der Waals surface area contributed by atoms with Crippen molar-refractivity contribution in [1.29, 1.82) is 0 Å². The number of likely N-dealkylation sites (tertiary alicyclic amines) is 1. The highest BCUT2D eigenvalue weighted by Crippen LogP contribution is 2.21. The number of fused-ring (bicyclic) bond motifs is 1. The number of amides is 1. The van der Waals surface area contributed by atoms with Crippen LogP contribution in [0, 0.1) is 11.8 Å². The minimum atomic E-state index is -0.111. The van der Waals surface area contributed by atoms with E-state index in [1.54, 1.807) is 6.07 Å². The standard InChI is InChI=1S/C19H25N3O2/c1-13-10-14(2)12-22(11-13)18(23)9-5-8-17-20-16-7-4-3-6-15(16)19(24)21-17/h3-4,6-7,13-14H,5,8-12H2,1-2H3,(H,20,21,24)/t13-,14-/m1/s1. The van der Waals surface area contributed by atoms with E-state index in [1.165, 1.54) is 6.42 Å². The van der Waals surface area contributed by atoms with Crippen LogP contribution in [0.25, 0.3) is 10.9 Å². The van der Waals surface area contributed by atoms with E-state index in [1.807, 2.05) is 23.1 Å². The van der Waals surface area contributed by atoms with Crippen LogP contribution < -0.4 is 5.56 Å². The van der Waals surface area contributed by atoms with Gasteiger partial charge in [-0.15, -0.1) is 0 Å². The lowest BCUT2D eigenvalue weighted by atomic mass is 9.91. The van der Waals surface area contributed by atoms with E-state index in [0.29, 0.717) is 47.8 Å². The molecule has 1 aliphatic heterocycles. The van der Waals surface area contributed by atoms with Crippen molar-refractivity contribution in [1.82, 2.24) is 14.9 Å². The van der Waals surface area contributed by atoms with Gasteiger partial charge < -0.3 is 9.88 Å². The van der Waals surface area contributed by atoms with Gasteiger partial charge in [0.2, 0.25) is 5.91 Å². The fourth-order valence-corrected chi connectivity index (χ4v) is 3.69. The zero-order valence-corrected chi connectivity index (χ0v) is 14.4. The van der Waals surface area contributed by atoms with Gasteiger partial charge >= 0.3 is 0 Å². The Labute approximate surface area is 142 Å². The van der Waals surface area contributed by atoms with E-state index < -0.39 is 0 Å². The molecule has 5 heteroatoms. The molecular formula is C19H25N3O2. The van der Waals surface area contributed by atoms with Crippen LogP contribution in [0.3, 0.4) is 0 Å². The first kappa shape index (κ1) is 16.7. The molecule has 24 heavy (non-hydrogen) atoms. The molecule has 0 radical (unpaired) electrons. The average Bonchev–Trinajstić information content (AvgIpc) is 2.54. The number of nitrogens with zero attached hydrogens (tertiary/aromatic N) is 2. The molecule has 0 saturated carbocycles. The summed E-state index contributed by atoms with van der Waals surface area (Å²) in [5, 5.41) is 0.605. The van der Waals surface area contributed by atoms with Crippen molar-refractivity contribution < 1.29 is 4.79 Å². The minimum absolute atomic E-state index is 0.111. The summed E-state index contributed by atoms with van der Waals surface area (Å²) in [6.45, 7) is 6.15. The molecule has 2 heterocycles. The quantitative estimate of drug-likeness (QED) is 0.939. The number of aromatic nitrogens is 2. The molecule has 1 aromatic carbocycles. The van der Waals surface area contributed by atoms with Crippen LogP contribution in [0.4, 0.5) is 0 Å². The molecule has 1 amide bonds. The zero-order chi connectivity index (χ0) is 17.1. The van der Waals surface area contributed by atoms with E-state index in [0.717, 1.165) is 13.1 Å². The first-order valence-corrected chi connectivity index (χ1v) is 8.78. The van der Waals surface area contributed by atoms with E-state index in [4.69, 9.17) is 0 Å². The van der Waals surface area contributed by atoms with Crippen molar-refractivity contribution in [2.75, 3.05) is 13.1 Å². The van der Waals surface area contributed by atoms with Gasteiger partial charge in [0.1, 0.15) is 5.82 Å². The molecule has 1 N–H and O–H groups in total. The monoisotopic (exact) mass is 327 g/mol. The third-order valence-corrected chi connectivity index (χ3v) is 4.69. The smallest absolute Gasteiger partial charge is 0.258 e. The Hall–Kier alpha value is -2.17. The van der Waals surface area contributed by atoms with Crippen LogP contribution in [0.5, 0.6) is 0 Å². The number of hydrogen-bond donors (Lipinski definition) is 1. The second-order valence-electron chi connectivity index (χ2n) is 7.13. The topological polar surface area (TPSA) is 66.1 Å². The highest BCUT2D eigenvalue weighted by molar-refractivity contribution is 5.77. The molecule has 2 atom stereocenters. The van der Waals surface area contributed by atoms with Crippen molar-refractivity contribution in [3.05, 3.63) is 40.4 Å². The number of benzene rings is 1. The predicted molar refractivity (Wildman–Crippen MR) is 94.8 cm³/mol. The summed E-state index contributed by atoms with van der Waals surface area (Å²) in [6, 6.07) is 7.32. The molecule has 1 aromatic heterocycles. The van der Waals surface area contributed by atoms with Gasteiger partial charge in [-0.25, -0.2) is 4.98 Å². The van der Waals surface area contributed by atoms with E-state index in [9.17, 15) is 9.59 Å². The highest BCUT2D eigenvalue weighted by Gasteiger charge is 2.24. The molecular weight excluding hydrogens is 302 g/mol. The molecule has 5 nitrogen and oxygen atoms in total. The number of para-hydroxylation sites is 1. The van der Waals surface area contributed by atoms with Gasteiger partial charge in [-0.05, 0) is 36.8 Å². The summed E-state index contributed by atoms with van der Waals surface area (Å²) in [5.74, 6) is 2.04. The van der Waals surface area contributed by atoms with Gasteiger partial charge in [0, 0.05) is 25.9 Å². The second kappa shape index (κ2) is 7.16. The minimum Gasteiger partial charge on any atom is -0.342 e. The number of nitrogens with one attached hydrogen (secondary N) is 1. The highest BCUT2D eigenvalue weighted by atomic mass is 16.2. The lowest BCUT2D eigenvalue weighted by molar-refractivity contribution is -0.133. The first-order valence-electron chi connectivity index (χ1n) is 8.78. The zero-order valence-electron chi connectivity index (χ0n) is 14.4. The van der Waals surface area contributed by atoms with Crippen molar-refractivity contribution in [2.45, 2.75) is 39.5 Å². The molecule has 0 spiro atoms.